The molecule has 19 heavy (non-hydrogen) atoms. The number of ether oxygens (including phenoxy) is 2. The van der Waals surface area contributed by atoms with Crippen molar-refractivity contribution < 1.29 is 14.3 Å². The SMILES string of the molecule is COc1ccc(OC(C)C)c(N[C@@H]2CCNC2=O)c1. The maximum absolute atomic E-state index is 11.6. The molecule has 1 fully saturated rings. The smallest absolute Gasteiger partial charge is 0.242 e. The Labute approximate surface area is 113 Å². The van der Waals surface area contributed by atoms with Crippen molar-refractivity contribution in [3.05, 3.63) is 18.2 Å². The van der Waals surface area contributed by atoms with Crippen molar-refractivity contribution in [1.82, 2.24) is 5.32 Å². The average Bonchev–Trinajstić information content (AvgIpc) is 2.76. The Bertz CT molecular complexity index is 460. The molecule has 5 heteroatoms. The molecule has 0 bridgehead atoms. The number of hydrogen-bond acceptors (Lipinski definition) is 4. The van der Waals surface area contributed by atoms with Gasteiger partial charge in [-0.25, -0.2) is 0 Å². The van der Waals surface area contributed by atoms with Gasteiger partial charge in [-0.05, 0) is 32.4 Å². The van der Waals surface area contributed by atoms with Crippen molar-refractivity contribution in [3.8, 4) is 11.5 Å². The summed E-state index contributed by atoms with van der Waals surface area (Å²) in [6, 6.07) is 5.34. The predicted molar refractivity (Wildman–Crippen MR) is 73.8 cm³/mol. The fraction of sp³-hybridized carbons (Fsp3) is 0.500. The fourth-order valence-corrected chi connectivity index (χ4v) is 2.02. The van der Waals surface area contributed by atoms with Crippen LogP contribution in [-0.2, 0) is 4.79 Å². The van der Waals surface area contributed by atoms with E-state index < -0.39 is 0 Å². The van der Waals surface area contributed by atoms with Gasteiger partial charge >= 0.3 is 0 Å². The molecule has 2 N–H and O–H groups in total. The van der Waals surface area contributed by atoms with Gasteiger partial charge in [0.2, 0.25) is 5.91 Å². The van der Waals surface area contributed by atoms with Crippen LogP contribution in [-0.4, -0.2) is 31.7 Å². The summed E-state index contributed by atoms with van der Waals surface area (Å²) in [5.74, 6) is 1.49. The minimum atomic E-state index is -0.207. The van der Waals surface area contributed by atoms with E-state index in [4.69, 9.17) is 9.47 Å². The van der Waals surface area contributed by atoms with E-state index in [1.54, 1.807) is 7.11 Å². The molecule has 0 aliphatic carbocycles. The summed E-state index contributed by atoms with van der Waals surface area (Å²) in [5.41, 5.74) is 0.787. The van der Waals surface area contributed by atoms with Gasteiger partial charge in [-0.3, -0.25) is 4.79 Å². The van der Waals surface area contributed by atoms with Crippen LogP contribution in [0.1, 0.15) is 20.3 Å². The lowest BCUT2D eigenvalue weighted by Crippen LogP contribution is -2.29. The molecule has 5 nitrogen and oxygen atoms in total. The van der Waals surface area contributed by atoms with E-state index in [0.29, 0.717) is 6.54 Å². The van der Waals surface area contributed by atoms with E-state index in [1.807, 2.05) is 32.0 Å². The Morgan fingerprint density at radius 1 is 1.42 bits per heavy atom. The molecular weight excluding hydrogens is 244 g/mol. The Morgan fingerprint density at radius 3 is 2.79 bits per heavy atom. The number of methoxy groups -OCH3 is 1. The maximum atomic E-state index is 11.6. The van der Waals surface area contributed by atoms with Crippen molar-refractivity contribution in [3.63, 3.8) is 0 Å². The Morgan fingerprint density at radius 2 is 2.21 bits per heavy atom. The molecule has 2 rings (SSSR count). The van der Waals surface area contributed by atoms with Gasteiger partial charge in [-0.2, -0.15) is 0 Å². The van der Waals surface area contributed by atoms with Crippen molar-refractivity contribution >= 4 is 11.6 Å². The highest BCUT2D eigenvalue weighted by molar-refractivity contribution is 5.87. The predicted octanol–water partition coefficient (Wildman–Crippen LogP) is 1.78. The Balaban J connectivity index is 2.21. The number of anilines is 1. The second kappa shape index (κ2) is 5.82. The zero-order valence-corrected chi connectivity index (χ0v) is 11.5. The highest BCUT2D eigenvalue weighted by atomic mass is 16.5. The molecule has 1 aliphatic rings. The zero-order valence-electron chi connectivity index (χ0n) is 11.5. The molecule has 1 heterocycles. The summed E-state index contributed by atoms with van der Waals surface area (Å²) in [4.78, 5) is 11.6. The first-order chi connectivity index (χ1) is 9.10. The molecular formula is C14H20N2O3. The summed E-state index contributed by atoms with van der Waals surface area (Å²) < 4.78 is 11.0. The molecule has 1 aromatic carbocycles. The van der Waals surface area contributed by atoms with Crippen LogP contribution in [0.2, 0.25) is 0 Å². The molecule has 0 radical (unpaired) electrons. The van der Waals surface area contributed by atoms with Gasteiger partial charge in [-0.15, -0.1) is 0 Å². The van der Waals surface area contributed by atoms with Crippen molar-refractivity contribution in [2.75, 3.05) is 19.0 Å². The minimum absolute atomic E-state index is 0.0262. The van der Waals surface area contributed by atoms with Crippen LogP contribution >= 0.6 is 0 Å². The molecule has 104 valence electrons. The molecule has 1 aromatic rings. The summed E-state index contributed by atoms with van der Waals surface area (Å²) >= 11 is 0. The standard InChI is InChI=1S/C14H20N2O3/c1-9(2)19-13-5-4-10(18-3)8-12(13)16-11-6-7-15-14(11)17/h4-5,8-9,11,16H,6-7H2,1-3H3,(H,15,17)/t11-/m1/s1. The molecule has 1 saturated heterocycles. The normalized spacial score (nSPS) is 18.3. The average molecular weight is 264 g/mol. The van der Waals surface area contributed by atoms with E-state index in [-0.39, 0.29) is 18.1 Å². The van der Waals surface area contributed by atoms with Gasteiger partial charge < -0.3 is 20.1 Å². The number of amides is 1. The molecule has 1 aliphatic heterocycles. The summed E-state index contributed by atoms with van der Waals surface area (Å²) in [6.45, 7) is 4.65. The highest BCUT2D eigenvalue weighted by Gasteiger charge is 2.25. The van der Waals surface area contributed by atoms with E-state index >= 15 is 0 Å². The lowest BCUT2D eigenvalue weighted by atomic mass is 10.2. The first-order valence-electron chi connectivity index (χ1n) is 6.49. The second-order valence-electron chi connectivity index (χ2n) is 4.81. The van der Waals surface area contributed by atoms with Crippen LogP contribution in [0, 0.1) is 0 Å². The van der Waals surface area contributed by atoms with Crippen molar-refractivity contribution in [2.24, 2.45) is 0 Å². The molecule has 0 unspecified atom stereocenters. The van der Waals surface area contributed by atoms with E-state index in [9.17, 15) is 4.79 Å². The minimum Gasteiger partial charge on any atom is -0.497 e. The molecule has 1 atom stereocenters. The largest absolute Gasteiger partial charge is 0.497 e. The van der Waals surface area contributed by atoms with Crippen molar-refractivity contribution in [1.29, 1.82) is 0 Å². The number of carbonyl (C=O) groups excluding carboxylic acids is 1. The van der Waals surface area contributed by atoms with Crippen molar-refractivity contribution in [2.45, 2.75) is 32.4 Å². The van der Waals surface area contributed by atoms with Crippen LogP contribution in [0.3, 0.4) is 0 Å². The van der Waals surface area contributed by atoms with Gasteiger partial charge in [0.1, 0.15) is 17.5 Å². The first kappa shape index (κ1) is 13.5. The zero-order chi connectivity index (χ0) is 13.8. The number of rotatable bonds is 5. The molecule has 0 aromatic heterocycles. The third-order valence-corrected chi connectivity index (χ3v) is 2.93. The number of nitrogens with one attached hydrogen (secondary N) is 2. The summed E-state index contributed by atoms with van der Waals surface area (Å²) in [7, 11) is 1.62. The maximum Gasteiger partial charge on any atom is 0.242 e. The third kappa shape index (κ3) is 3.30. The quantitative estimate of drug-likeness (QED) is 0.851. The monoisotopic (exact) mass is 264 g/mol. The number of carbonyl (C=O) groups is 1. The summed E-state index contributed by atoms with van der Waals surface area (Å²) in [5, 5.41) is 6.03. The van der Waals surface area contributed by atoms with Crippen LogP contribution in [0.4, 0.5) is 5.69 Å². The topological polar surface area (TPSA) is 59.6 Å². The number of benzene rings is 1. The van der Waals surface area contributed by atoms with E-state index in [0.717, 1.165) is 23.6 Å². The molecule has 1 amide bonds. The van der Waals surface area contributed by atoms with E-state index in [1.165, 1.54) is 0 Å². The fourth-order valence-electron chi connectivity index (χ4n) is 2.02. The van der Waals surface area contributed by atoms with Crippen LogP contribution in [0.5, 0.6) is 11.5 Å². The Hall–Kier alpha value is -1.91. The van der Waals surface area contributed by atoms with E-state index in [2.05, 4.69) is 10.6 Å². The van der Waals surface area contributed by atoms with Crippen LogP contribution in [0.15, 0.2) is 18.2 Å². The lowest BCUT2D eigenvalue weighted by Gasteiger charge is -2.18. The van der Waals surface area contributed by atoms with Gasteiger partial charge in [0.25, 0.3) is 0 Å². The lowest BCUT2D eigenvalue weighted by molar-refractivity contribution is -0.119. The molecule has 0 spiro atoms. The molecule has 0 saturated carbocycles. The highest BCUT2D eigenvalue weighted by Crippen LogP contribution is 2.31. The Kier molecular flexibility index (Phi) is 4.14. The first-order valence-corrected chi connectivity index (χ1v) is 6.49. The number of hydrogen-bond donors (Lipinski definition) is 2. The summed E-state index contributed by atoms with van der Waals surface area (Å²) in [6.07, 6.45) is 0.850. The van der Waals surface area contributed by atoms with Crippen LogP contribution in [0.25, 0.3) is 0 Å². The van der Waals surface area contributed by atoms with Gasteiger partial charge in [0, 0.05) is 12.6 Å². The van der Waals surface area contributed by atoms with Crippen LogP contribution < -0.4 is 20.1 Å². The van der Waals surface area contributed by atoms with Gasteiger partial charge in [0.05, 0.1) is 18.9 Å². The van der Waals surface area contributed by atoms with Gasteiger partial charge in [-0.1, -0.05) is 0 Å². The second-order valence-corrected chi connectivity index (χ2v) is 4.81. The van der Waals surface area contributed by atoms with Gasteiger partial charge in [0.15, 0.2) is 0 Å². The third-order valence-electron chi connectivity index (χ3n) is 2.93.